The topological polar surface area (TPSA) is 67.4 Å². The first-order chi connectivity index (χ1) is 12.5. The minimum atomic E-state index is -3.24. The molecule has 0 bridgehead atoms. The van der Waals surface area contributed by atoms with E-state index in [-0.39, 0.29) is 12.1 Å². The molecule has 140 valence electrons. The molecule has 0 aliphatic carbocycles. The van der Waals surface area contributed by atoms with Crippen LogP contribution < -0.4 is 15.4 Å². The number of rotatable bonds is 6. The molecule has 1 heterocycles. The zero-order valence-electron chi connectivity index (χ0n) is 15.2. The third kappa shape index (κ3) is 4.44. The number of benzene rings is 2. The molecule has 26 heavy (non-hydrogen) atoms. The van der Waals surface area contributed by atoms with Crippen LogP contribution in [-0.2, 0) is 16.4 Å². The first-order valence-corrected chi connectivity index (χ1v) is 10.8. The van der Waals surface area contributed by atoms with E-state index >= 15 is 0 Å². The van der Waals surface area contributed by atoms with Crippen molar-refractivity contribution in [1.82, 2.24) is 10.6 Å². The maximum absolute atomic E-state index is 11.9. The summed E-state index contributed by atoms with van der Waals surface area (Å²) in [6.45, 7) is 1.56. The van der Waals surface area contributed by atoms with Crippen molar-refractivity contribution in [2.24, 2.45) is 0 Å². The summed E-state index contributed by atoms with van der Waals surface area (Å²) in [4.78, 5) is 0.316. The Morgan fingerprint density at radius 3 is 2.65 bits per heavy atom. The number of hydrogen-bond donors (Lipinski definition) is 2. The fourth-order valence-electron chi connectivity index (χ4n) is 3.48. The SMILES string of the molecule is COc1ccc(S(C)(=O)=O)cc1CNC1CCCNC1c1ccccc1. The molecule has 0 saturated carbocycles. The van der Waals surface area contributed by atoms with E-state index in [4.69, 9.17) is 4.74 Å². The van der Waals surface area contributed by atoms with Crippen molar-refractivity contribution in [2.45, 2.75) is 36.4 Å². The Balaban J connectivity index is 1.78. The Bertz CT molecular complexity index is 837. The van der Waals surface area contributed by atoms with Crippen LogP contribution in [0, 0.1) is 0 Å². The van der Waals surface area contributed by atoms with Crippen molar-refractivity contribution in [3.8, 4) is 5.75 Å². The van der Waals surface area contributed by atoms with E-state index < -0.39 is 9.84 Å². The minimum absolute atomic E-state index is 0.244. The van der Waals surface area contributed by atoms with E-state index in [9.17, 15) is 8.42 Å². The molecule has 2 N–H and O–H groups in total. The van der Waals surface area contributed by atoms with Crippen LogP contribution in [0.2, 0.25) is 0 Å². The fourth-order valence-corrected chi connectivity index (χ4v) is 4.16. The number of ether oxygens (including phenoxy) is 1. The molecule has 6 heteroatoms. The van der Waals surface area contributed by atoms with E-state index in [0.717, 1.165) is 24.9 Å². The van der Waals surface area contributed by atoms with Gasteiger partial charge < -0.3 is 15.4 Å². The smallest absolute Gasteiger partial charge is 0.175 e. The van der Waals surface area contributed by atoms with Gasteiger partial charge >= 0.3 is 0 Å². The second-order valence-electron chi connectivity index (χ2n) is 6.72. The molecule has 1 aliphatic heterocycles. The average molecular weight is 375 g/mol. The molecule has 0 radical (unpaired) electrons. The van der Waals surface area contributed by atoms with Gasteiger partial charge in [0.1, 0.15) is 5.75 Å². The van der Waals surface area contributed by atoms with Crippen molar-refractivity contribution < 1.29 is 13.2 Å². The number of sulfone groups is 1. The van der Waals surface area contributed by atoms with Gasteiger partial charge in [-0.25, -0.2) is 8.42 Å². The fraction of sp³-hybridized carbons (Fsp3) is 0.400. The van der Waals surface area contributed by atoms with Gasteiger partial charge in [-0.05, 0) is 43.1 Å². The van der Waals surface area contributed by atoms with Crippen LogP contribution in [0.15, 0.2) is 53.4 Å². The lowest BCUT2D eigenvalue weighted by atomic mass is 9.92. The number of hydrogen-bond acceptors (Lipinski definition) is 5. The summed E-state index contributed by atoms with van der Waals surface area (Å²) in [5.41, 5.74) is 2.12. The van der Waals surface area contributed by atoms with Gasteiger partial charge in [-0.1, -0.05) is 30.3 Å². The van der Waals surface area contributed by atoms with Gasteiger partial charge in [-0.15, -0.1) is 0 Å². The molecule has 2 aromatic rings. The predicted molar refractivity (Wildman–Crippen MR) is 103 cm³/mol. The van der Waals surface area contributed by atoms with E-state index in [2.05, 4.69) is 34.9 Å². The van der Waals surface area contributed by atoms with Crippen LogP contribution >= 0.6 is 0 Å². The molecule has 1 fully saturated rings. The van der Waals surface area contributed by atoms with Crippen LogP contribution in [0.4, 0.5) is 0 Å². The minimum Gasteiger partial charge on any atom is -0.496 e. The highest BCUT2D eigenvalue weighted by molar-refractivity contribution is 7.90. The van der Waals surface area contributed by atoms with Crippen molar-refractivity contribution in [3.05, 3.63) is 59.7 Å². The summed E-state index contributed by atoms with van der Waals surface area (Å²) in [6, 6.07) is 16.0. The van der Waals surface area contributed by atoms with E-state index in [1.807, 2.05) is 6.07 Å². The molecule has 0 spiro atoms. The molecule has 0 amide bonds. The van der Waals surface area contributed by atoms with Crippen LogP contribution in [-0.4, -0.2) is 34.4 Å². The third-order valence-electron chi connectivity index (χ3n) is 4.85. The highest BCUT2D eigenvalue weighted by atomic mass is 32.2. The summed E-state index contributed by atoms with van der Waals surface area (Å²) >= 11 is 0. The summed E-state index contributed by atoms with van der Waals surface area (Å²) in [7, 11) is -1.64. The summed E-state index contributed by atoms with van der Waals surface area (Å²) in [5.74, 6) is 0.699. The number of methoxy groups -OCH3 is 1. The zero-order chi connectivity index (χ0) is 18.6. The molecule has 0 aromatic heterocycles. The quantitative estimate of drug-likeness (QED) is 0.814. The monoisotopic (exact) mass is 374 g/mol. The highest BCUT2D eigenvalue weighted by Gasteiger charge is 2.26. The number of nitrogens with one attached hydrogen (secondary N) is 2. The van der Waals surface area contributed by atoms with Crippen molar-refractivity contribution in [3.63, 3.8) is 0 Å². The maximum atomic E-state index is 11.9. The Labute approximate surface area is 155 Å². The molecular weight excluding hydrogens is 348 g/mol. The van der Waals surface area contributed by atoms with E-state index in [1.165, 1.54) is 11.8 Å². The summed E-state index contributed by atoms with van der Waals surface area (Å²) in [6.07, 6.45) is 3.41. The van der Waals surface area contributed by atoms with Gasteiger partial charge in [0.2, 0.25) is 0 Å². The Morgan fingerprint density at radius 2 is 1.96 bits per heavy atom. The largest absolute Gasteiger partial charge is 0.496 e. The summed E-state index contributed by atoms with van der Waals surface area (Å²) < 4.78 is 29.1. The first kappa shape index (κ1) is 18.9. The normalized spacial score (nSPS) is 20.7. The highest BCUT2D eigenvalue weighted by Crippen LogP contribution is 2.26. The van der Waals surface area contributed by atoms with Crippen molar-refractivity contribution in [2.75, 3.05) is 19.9 Å². The number of piperidine rings is 1. The van der Waals surface area contributed by atoms with Gasteiger partial charge in [0.25, 0.3) is 0 Å². The van der Waals surface area contributed by atoms with E-state index in [1.54, 1.807) is 25.3 Å². The lowest BCUT2D eigenvalue weighted by Crippen LogP contribution is -2.45. The molecule has 3 rings (SSSR count). The molecule has 2 unspecified atom stereocenters. The van der Waals surface area contributed by atoms with Gasteiger partial charge in [-0.3, -0.25) is 0 Å². The lowest BCUT2D eigenvalue weighted by Gasteiger charge is -2.34. The van der Waals surface area contributed by atoms with Crippen molar-refractivity contribution >= 4 is 9.84 Å². The van der Waals surface area contributed by atoms with Crippen molar-refractivity contribution in [1.29, 1.82) is 0 Å². The van der Waals surface area contributed by atoms with Crippen LogP contribution in [0.25, 0.3) is 0 Å². The van der Waals surface area contributed by atoms with Gasteiger partial charge in [0, 0.05) is 30.4 Å². The molecule has 1 aliphatic rings. The second-order valence-corrected chi connectivity index (χ2v) is 8.73. The van der Waals surface area contributed by atoms with Gasteiger partial charge in [0.05, 0.1) is 12.0 Å². The van der Waals surface area contributed by atoms with Gasteiger partial charge in [-0.2, -0.15) is 0 Å². The Kier molecular flexibility index (Phi) is 5.96. The molecular formula is C20H26N2O3S. The van der Waals surface area contributed by atoms with Gasteiger partial charge in [0.15, 0.2) is 9.84 Å². The maximum Gasteiger partial charge on any atom is 0.175 e. The predicted octanol–water partition coefficient (Wildman–Crippen LogP) is 2.68. The average Bonchev–Trinajstić information content (AvgIpc) is 2.66. The third-order valence-corrected chi connectivity index (χ3v) is 5.96. The molecule has 1 saturated heterocycles. The summed E-state index contributed by atoms with van der Waals surface area (Å²) in [5, 5.41) is 7.20. The Hall–Kier alpha value is -1.89. The second kappa shape index (κ2) is 8.20. The first-order valence-electron chi connectivity index (χ1n) is 8.88. The Morgan fingerprint density at radius 1 is 1.19 bits per heavy atom. The molecule has 5 nitrogen and oxygen atoms in total. The standard InChI is InChI=1S/C20H26N2O3S/c1-25-19-11-10-17(26(2,23)24)13-16(19)14-22-18-9-6-12-21-20(18)15-7-4-3-5-8-15/h3-5,7-8,10-11,13,18,20-22H,6,9,12,14H2,1-2H3. The van der Waals surface area contributed by atoms with Crippen LogP contribution in [0.5, 0.6) is 5.75 Å². The lowest BCUT2D eigenvalue weighted by molar-refractivity contribution is 0.302. The van der Waals surface area contributed by atoms with Crippen LogP contribution in [0.3, 0.4) is 0 Å². The molecule has 2 atom stereocenters. The van der Waals surface area contributed by atoms with E-state index in [0.29, 0.717) is 17.2 Å². The van der Waals surface area contributed by atoms with Crippen LogP contribution in [0.1, 0.15) is 30.0 Å². The molecule has 2 aromatic carbocycles. The zero-order valence-corrected chi connectivity index (χ0v) is 16.1.